The Labute approximate surface area is 213 Å². The summed E-state index contributed by atoms with van der Waals surface area (Å²) in [5.41, 5.74) is -0.960. The Bertz CT molecular complexity index is 1430. The molecule has 1 aliphatic rings. The van der Waals surface area contributed by atoms with Crippen molar-refractivity contribution in [3.63, 3.8) is 0 Å². The molecule has 1 atom stereocenters. The lowest BCUT2D eigenvalue weighted by atomic mass is 9.97. The van der Waals surface area contributed by atoms with Gasteiger partial charge in [0.25, 0.3) is 15.9 Å². The Morgan fingerprint density at radius 2 is 1.84 bits per heavy atom. The van der Waals surface area contributed by atoms with E-state index in [4.69, 9.17) is 0 Å². The highest BCUT2D eigenvalue weighted by molar-refractivity contribution is 7.90. The number of sulfonamides is 1. The molecule has 1 amide bonds. The molecule has 196 valence electrons. The largest absolute Gasteiger partial charge is 0.416 e. The standard InChI is InChI=1S/C25H26F3N5O3S/c1-16-14-24(2,3)33(15-16)22-19(9-6-12-29-22)23(34)32-37(35,36)21-11-5-10-20(31-21)30-18-8-4-7-17(13-18)25(26,27)28/h4-13,16H,14-15H2,1-3H3,(H,30,31)(H,32,34). The molecule has 1 saturated heterocycles. The zero-order valence-electron chi connectivity index (χ0n) is 20.4. The number of hydrogen-bond donors (Lipinski definition) is 2. The van der Waals surface area contributed by atoms with Crippen LogP contribution in [0.2, 0.25) is 0 Å². The van der Waals surface area contributed by atoms with Gasteiger partial charge in [-0.3, -0.25) is 4.79 Å². The monoisotopic (exact) mass is 533 g/mol. The van der Waals surface area contributed by atoms with Gasteiger partial charge in [-0.25, -0.2) is 14.7 Å². The molecule has 1 fully saturated rings. The molecule has 0 aliphatic carbocycles. The van der Waals surface area contributed by atoms with Crippen molar-refractivity contribution in [3.05, 3.63) is 71.9 Å². The van der Waals surface area contributed by atoms with Gasteiger partial charge in [0.2, 0.25) is 0 Å². The fraction of sp³-hybridized carbons (Fsp3) is 0.320. The van der Waals surface area contributed by atoms with E-state index >= 15 is 0 Å². The van der Waals surface area contributed by atoms with Gasteiger partial charge in [0, 0.05) is 24.0 Å². The van der Waals surface area contributed by atoms with Crippen molar-refractivity contribution in [2.75, 3.05) is 16.8 Å². The number of benzene rings is 1. The summed E-state index contributed by atoms with van der Waals surface area (Å²) in [6.07, 6.45) is -2.10. The van der Waals surface area contributed by atoms with Gasteiger partial charge in [0.1, 0.15) is 11.6 Å². The molecule has 12 heteroatoms. The van der Waals surface area contributed by atoms with Crippen LogP contribution < -0.4 is 14.9 Å². The third-order valence-electron chi connectivity index (χ3n) is 6.05. The van der Waals surface area contributed by atoms with Crippen LogP contribution in [-0.4, -0.2) is 36.4 Å². The van der Waals surface area contributed by atoms with Gasteiger partial charge in [0.15, 0.2) is 5.03 Å². The van der Waals surface area contributed by atoms with E-state index in [0.717, 1.165) is 18.6 Å². The number of nitrogens with one attached hydrogen (secondary N) is 2. The number of nitrogens with zero attached hydrogens (tertiary/aromatic N) is 3. The number of anilines is 3. The summed E-state index contributed by atoms with van der Waals surface area (Å²) in [5.74, 6) is -0.119. The predicted octanol–water partition coefficient (Wildman–Crippen LogP) is 4.98. The van der Waals surface area contributed by atoms with Crippen LogP contribution in [0.3, 0.4) is 0 Å². The van der Waals surface area contributed by atoms with Crippen molar-refractivity contribution < 1.29 is 26.4 Å². The maximum absolute atomic E-state index is 13.1. The van der Waals surface area contributed by atoms with Crippen molar-refractivity contribution in [2.24, 2.45) is 5.92 Å². The summed E-state index contributed by atoms with van der Waals surface area (Å²) >= 11 is 0. The highest BCUT2D eigenvalue weighted by atomic mass is 32.2. The number of carbonyl (C=O) groups excluding carboxylic acids is 1. The molecule has 0 spiro atoms. The van der Waals surface area contributed by atoms with E-state index in [1.54, 1.807) is 12.3 Å². The topological polar surface area (TPSA) is 104 Å². The maximum atomic E-state index is 13.1. The molecule has 37 heavy (non-hydrogen) atoms. The van der Waals surface area contributed by atoms with Crippen molar-refractivity contribution in [2.45, 2.75) is 43.9 Å². The zero-order chi connectivity index (χ0) is 27.0. The lowest BCUT2D eigenvalue weighted by Gasteiger charge is -2.33. The quantitative estimate of drug-likeness (QED) is 0.460. The first-order valence-corrected chi connectivity index (χ1v) is 13.0. The molecule has 1 aromatic carbocycles. The molecule has 1 unspecified atom stereocenters. The minimum Gasteiger partial charge on any atom is -0.351 e. The van der Waals surface area contributed by atoms with E-state index < -0.39 is 32.7 Å². The van der Waals surface area contributed by atoms with Crippen LogP contribution >= 0.6 is 0 Å². The Morgan fingerprint density at radius 3 is 2.51 bits per heavy atom. The van der Waals surface area contributed by atoms with Crippen molar-refractivity contribution in [3.8, 4) is 0 Å². The SMILES string of the molecule is CC1CN(c2ncccc2C(=O)NS(=O)(=O)c2cccc(Nc3cccc(C(F)(F)F)c3)n2)C(C)(C)C1. The Hall–Kier alpha value is -3.67. The minimum atomic E-state index is -4.53. The average molecular weight is 534 g/mol. The van der Waals surface area contributed by atoms with E-state index in [1.165, 1.54) is 36.4 Å². The maximum Gasteiger partial charge on any atom is 0.416 e. The number of alkyl halides is 3. The highest BCUT2D eigenvalue weighted by Crippen LogP contribution is 2.37. The van der Waals surface area contributed by atoms with Crippen molar-refractivity contribution in [1.82, 2.24) is 14.7 Å². The first kappa shape index (κ1) is 26.4. The number of halogens is 3. The third-order valence-corrected chi connectivity index (χ3v) is 7.28. The van der Waals surface area contributed by atoms with E-state index in [2.05, 4.69) is 22.2 Å². The lowest BCUT2D eigenvalue weighted by molar-refractivity contribution is -0.137. The summed E-state index contributed by atoms with van der Waals surface area (Å²) in [6, 6.07) is 11.4. The molecule has 0 saturated carbocycles. The van der Waals surface area contributed by atoms with Gasteiger partial charge >= 0.3 is 6.18 Å². The van der Waals surface area contributed by atoms with Gasteiger partial charge < -0.3 is 10.2 Å². The predicted molar refractivity (Wildman–Crippen MR) is 133 cm³/mol. The number of rotatable bonds is 6. The first-order chi connectivity index (χ1) is 17.3. The molecule has 3 heterocycles. The van der Waals surface area contributed by atoms with Crippen LogP contribution in [-0.2, 0) is 16.2 Å². The Balaban J connectivity index is 1.56. The first-order valence-electron chi connectivity index (χ1n) is 11.5. The molecule has 3 aromatic rings. The second-order valence-corrected chi connectivity index (χ2v) is 11.2. The summed E-state index contributed by atoms with van der Waals surface area (Å²) in [6.45, 7) is 6.84. The van der Waals surface area contributed by atoms with Crippen LogP contribution in [0.25, 0.3) is 0 Å². The molecular formula is C25H26F3N5O3S. The highest BCUT2D eigenvalue weighted by Gasteiger charge is 2.39. The summed E-state index contributed by atoms with van der Waals surface area (Å²) in [7, 11) is -4.41. The third kappa shape index (κ3) is 5.85. The van der Waals surface area contributed by atoms with Crippen LogP contribution in [0, 0.1) is 5.92 Å². The zero-order valence-corrected chi connectivity index (χ0v) is 21.2. The smallest absolute Gasteiger partial charge is 0.351 e. The van der Waals surface area contributed by atoms with Crippen molar-refractivity contribution >= 4 is 33.3 Å². The fourth-order valence-electron chi connectivity index (χ4n) is 4.53. The number of aromatic nitrogens is 2. The normalized spacial score (nSPS) is 17.5. The van der Waals surface area contributed by atoms with Gasteiger partial charge in [0.05, 0.1) is 11.1 Å². The number of carbonyl (C=O) groups is 1. The van der Waals surface area contributed by atoms with Crippen LogP contribution in [0.15, 0.2) is 65.8 Å². The molecule has 4 rings (SSSR count). The van der Waals surface area contributed by atoms with E-state index in [1.807, 2.05) is 23.5 Å². The molecule has 2 N–H and O–H groups in total. The van der Waals surface area contributed by atoms with Gasteiger partial charge in [-0.15, -0.1) is 0 Å². The Kier molecular flexibility index (Phi) is 6.89. The van der Waals surface area contributed by atoms with E-state index in [0.29, 0.717) is 18.3 Å². The number of hydrogen-bond acceptors (Lipinski definition) is 7. The van der Waals surface area contributed by atoms with Crippen molar-refractivity contribution in [1.29, 1.82) is 0 Å². The van der Waals surface area contributed by atoms with Crippen LogP contribution in [0.1, 0.15) is 43.1 Å². The van der Waals surface area contributed by atoms with Crippen LogP contribution in [0.4, 0.5) is 30.5 Å². The summed E-state index contributed by atoms with van der Waals surface area (Å²) in [5, 5.41) is 2.19. The molecule has 2 aromatic heterocycles. The second-order valence-electron chi connectivity index (χ2n) is 9.61. The summed E-state index contributed by atoms with van der Waals surface area (Å²) < 4.78 is 67.1. The Morgan fingerprint density at radius 1 is 1.11 bits per heavy atom. The van der Waals surface area contributed by atoms with Crippen LogP contribution in [0.5, 0.6) is 0 Å². The number of pyridine rings is 2. The molecule has 0 radical (unpaired) electrons. The summed E-state index contributed by atoms with van der Waals surface area (Å²) in [4.78, 5) is 23.5. The molecule has 0 bridgehead atoms. The van der Waals surface area contributed by atoms with Gasteiger partial charge in [-0.1, -0.05) is 19.1 Å². The van der Waals surface area contributed by atoms with Gasteiger partial charge in [-0.2, -0.15) is 21.6 Å². The average Bonchev–Trinajstić information content (AvgIpc) is 3.10. The second kappa shape index (κ2) is 9.66. The lowest BCUT2D eigenvalue weighted by Crippen LogP contribution is -2.41. The van der Waals surface area contributed by atoms with E-state index in [-0.39, 0.29) is 22.6 Å². The van der Waals surface area contributed by atoms with Gasteiger partial charge in [-0.05, 0) is 68.7 Å². The van der Waals surface area contributed by atoms with E-state index in [9.17, 15) is 26.4 Å². The fourth-order valence-corrected chi connectivity index (χ4v) is 5.47. The number of amides is 1. The minimum absolute atomic E-state index is 0.00970. The molecule has 1 aliphatic heterocycles. The molecule has 8 nitrogen and oxygen atoms in total. The molecular weight excluding hydrogens is 507 g/mol.